The molecular formula is C10H12ClN5O2. The van der Waals surface area contributed by atoms with E-state index >= 15 is 0 Å². The number of nitrogens with zero attached hydrogens (tertiary/aromatic N) is 3. The van der Waals surface area contributed by atoms with Crippen LogP contribution < -0.4 is 10.6 Å². The predicted molar refractivity (Wildman–Crippen MR) is 66.4 cm³/mol. The van der Waals surface area contributed by atoms with Gasteiger partial charge in [-0.25, -0.2) is 4.98 Å². The molecule has 0 aliphatic carbocycles. The molecule has 2 heterocycles. The highest BCUT2D eigenvalue weighted by Crippen LogP contribution is 2.23. The number of nitrogens with one attached hydrogen (secondary N) is 2. The van der Waals surface area contributed by atoms with Gasteiger partial charge >= 0.3 is 0 Å². The fourth-order valence-electron chi connectivity index (χ4n) is 1.62. The van der Waals surface area contributed by atoms with Gasteiger partial charge in [-0.1, -0.05) is 11.6 Å². The first kappa shape index (κ1) is 12.6. The van der Waals surface area contributed by atoms with E-state index in [-0.39, 0.29) is 18.2 Å². The van der Waals surface area contributed by atoms with Gasteiger partial charge in [0.05, 0.1) is 12.6 Å². The minimum Gasteiger partial charge on any atom is -0.357 e. The Balaban J connectivity index is 2.19. The molecule has 0 saturated carbocycles. The lowest BCUT2D eigenvalue weighted by Gasteiger charge is -2.13. The van der Waals surface area contributed by atoms with Gasteiger partial charge in [0.1, 0.15) is 11.1 Å². The first-order chi connectivity index (χ1) is 8.52. The summed E-state index contributed by atoms with van der Waals surface area (Å²) in [7, 11) is 3.12. The van der Waals surface area contributed by atoms with Crippen LogP contribution >= 0.6 is 11.6 Å². The first-order valence-corrected chi connectivity index (χ1v) is 5.68. The molecule has 2 amide bonds. The molecule has 8 heteroatoms. The van der Waals surface area contributed by atoms with Gasteiger partial charge in [-0.2, -0.15) is 4.98 Å². The Bertz CT molecular complexity index is 507. The number of carbonyl (C=O) groups excluding carboxylic acids is 2. The van der Waals surface area contributed by atoms with Crippen LogP contribution in [-0.2, 0) is 9.59 Å². The van der Waals surface area contributed by atoms with Crippen LogP contribution in [0.4, 0.5) is 11.8 Å². The number of likely N-dealkylation sites (N-methyl/N-ethyl adjacent to an activating group) is 1. The van der Waals surface area contributed by atoms with Crippen LogP contribution in [0.3, 0.4) is 0 Å². The largest absolute Gasteiger partial charge is 0.357 e. The third-order valence-corrected chi connectivity index (χ3v) is 2.94. The molecule has 1 atom stereocenters. The van der Waals surface area contributed by atoms with Crippen molar-refractivity contribution in [1.82, 2.24) is 14.9 Å². The van der Waals surface area contributed by atoms with Crippen LogP contribution in [0.25, 0.3) is 0 Å². The number of hydrogen-bond donors (Lipinski definition) is 2. The molecule has 1 aliphatic rings. The van der Waals surface area contributed by atoms with Crippen molar-refractivity contribution in [1.29, 1.82) is 0 Å². The fourth-order valence-corrected chi connectivity index (χ4v) is 1.77. The van der Waals surface area contributed by atoms with Crippen LogP contribution in [0.5, 0.6) is 0 Å². The number of amides is 2. The Kier molecular flexibility index (Phi) is 3.33. The molecule has 2 rings (SSSR count). The van der Waals surface area contributed by atoms with Gasteiger partial charge < -0.3 is 10.6 Å². The Morgan fingerprint density at radius 1 is 1.50 bits per heavy atom. The summed E-state index contributed by atoms with van der Waals surface area (Å²) >= 11 is 5.93. The summed E-state index contributed by atoms with van der Waals surface area (Å²) in [6, 6.07) is -0.625. The SMILES string of the molecule is CNc1ncc(Cl)c(NC2CC(=O)N(C)C2=O)n1. The van der Waals surface area contributed by atoms with Crippen molar-refractivity contribution in [3.05, 3.63) is 11.2 Å². The lowest BCUT2D eigenvalue weighted by Crippen LogP contribution is -2.32. The van der Waals surface area contributed by atoms with Gasteiger partial charge in [0.25, 0.3) is 5.91 Å². The van der Waals surface area contributed by atoms with Crippen molar-refractivity contribution in [3.63, 3.8) is 0 Å². The number of hydrogen-bond acceptors (Lipinski definition) is 6. The maximum atomic E-state index is 11.7. The van der Waals surface area contributed by atoms with Crippen LogP contribution in [0.1, 0.15) is 6.42 Å². The van der Waals surface area contributed by atoms with Crippen molar-refractivity contribution in [2.24, 2.45) is 0 Å². The molecule has 96 valence electrons. The molecule has 1 unspecified atom stereocenters. The molecule has 1 aliphatic heterocycles. The van der Waals surface area contributed by atoms with Crippen LogP contribution in [0.2, 0.25) is 5.02 Å². The van der Waals surface area contributed by atoms with Crippen molar-refractivity contribution in [2.75, 3.05) is 24.7 Å². The molecule has 18 heavy (non-hydrogen) atoms. The Morgan fingerprint density at radius 3 is 2.78 bits per heavy atom. The van der Waals surface area contributed by atoms with E-state index in [0.717, 1.165) is 4.90 Å². The summed E-state index contributed by atoms with van der Waals surface area (Å²) in [6.07, 6.45) is 1.53. The topological polar surface area (TPSA) is 87.2 Å². The zero-order valence-corrected chi connectivity index (χ0v) is 10.7. The molecule has 2 N–H and O–H groups in total. The third-order valence-electron chi connectivity index (χ3n) is 2.66. The number of halogens is 1. The van der Waals surface area contributed by atoms with Gasteiger partial charge in [0.15, 0.2) is 5.82 Å². The van der Waals surface area contributed by atoms with Crippen molar-refractivity contribution in [3.8, 4) is 0 Å². The highest BCUT2D eigenvalue weighted by atomic mass is 35.5. The lowest BCUT2D eigenvalue weighted by molar-refractivity contribution is -0.136. The number of likely N-dealkylation sites (tertiary alicyclic amines) is 1. The summed E-state index contributed by atoms with van der Waals surface area (Å²) in [5, 5.41) is 5.92. The first-order valence-electron chi connectivity index (χ1n) is 5.30. The molecule has 1 saturated heterocycles. The molecule has 0 spiro atoms. The number of anilines is 2. The normalized spacial score (nSPS) is 19.3. The van der Waals surface area contributed by atoms with Gasteiger partial charge in [0.2, 0.25) is 11.9 Å². The summed E-state index contributed by atoms with van der Waals surface area (Å²) in [6.45, 7) is 0. The minimum atomic E-state index is -0.625. The molecule has 0 aromatic carbocycles. The second-order valence-electron chi connectivity index (χ2n) is 3.83. The number of carbonyl (C=O) groups is 2. The Hall–Kier alpha value is -1.89. The van der Waals surface area contributed by atoms with E-state index < -0.39 is 6.04 Å². The third kappa shape index (κ3) is 2.21. The molecule has 1 aromatic rings. The second-order valence-corrected chi connectivity index (χ2v) is 4.24. The minimum absolute atomic E-state index is 0.102. The molecule has 7 nitrogen and oxygen atoms in total. The molecule has 1 fully saturated rings. The van der Waals surface area contributed by atoms with Crippen molar-refractivity contribution < 1.29 is 9.59 Å². The Labute approximate surface area is 109 Å². The number of rotatable bonds is 3. The monoisotopic (exact) mass is 269 g/mol. The fraction of sp³-hybridized carbons (Fsp3) is 0.400. The maximum Gasteiger partial charge on any atom is 0.251 e. The highest BCUT2D eigenvalue weighted by molar-refractivity contribution is 6.32. The van der Waals surface area contributed by atoms with E-state index in [1.54, 1.807) is 7.05 Å². The average Bonchev–Trinajstić information content (AvgIpc) is 2.60. The number of aromatic nitrogens is 2. The second kappa shape index (κ2) is 4.77. The van der Waals surface area contributed by atoms with E-state index in [4.69, 9.17) is 11.6 Å². The molecule has 0 bridgehead atoms. The van der Waals surface area contributed by atoms with Gasteiger partial charge in [0, 0.05) is 14.1 Å². The summed E-state index contributed by atoms with van der Waals surface area (Å²) in [5.41, 5.74) is 0. The summed E-state index contributed by atoms with van der Waals surface area (Å²) in [5.74, 6) is 0.196. The molecule has 1 aromatic heterocycles. The smallest absolute Gasteiger partial charge is 0.251 e. The zero-order chi connectivity index (χ0) is 13.3. The van der Waals surface area contributed by atoms with Crippen molar-refractivity contribution >= 4 is 35.2 Å². The highest BCUT2D eigenvalue weighted by Gasteiger charge is 2.36. The average molecular weight is 270 g/mol. The molecule has 0 radical (unpaired) electrons. The standard InChI is InChI=1S/C10H12ClN5O2/c1-12-10-13-4-5(11)8(15-10)14-6-3-7(17)16(2)9(6)18/h4,6H,3H2,1-2H3,(H2,12,13,14,15). The Morgan fingerprint density at radius 2 is 2.22 bits per heavy atom. The van der Waals surface area contributed by atoms with Crippen LogP contribution in [-0.4, -0.2) is 46.8 Å². The van der Waals surface area contributed by atoms with Crippen molar-refractivity contribution in [2.45, 2.75) is 12.5 Å². The van der Waals surface area contributed by atoms with Crippen LogP contribution in [0, 0.1) is 0 Å². The predicted octanol–water partition coefficient (Wildman–Crippen LogP) is 0.341. The van der Waals surface area contributed by atoms with E-state index in [1.165, 1.54) is 13.2 Å². The van der Waals surface area contributed by atoms with Gasteiger partial charge in [-0.15, -0.1) is 0 Å². The lowest BCUT2D eigenvalue weighted by atomic mass is 10.2. The van der Waals surface area contributed by atoms with Gasteiger partial charge in [-0.3, -0.25) is 14.5 Å². The van der Waals surface area contributed by atoms with Crippen LogP contribution in [0.15, 0.2) is 6.20 Å². The molecular weight excluding hydrogens is 258 g/mol. The number of imide groups is 1. The van der Waals surface area contributed by atoms with E-state index in [9.17, 15) is 9.59 Å². The van der Waals surface area contributed by atoms with E-state index in [1.807, 2.05) is 0 Å². The van der Waals surface area contributed by atoms with E-state index in [0.29, 0.717) is 16.8 Å². The maximum absolute atomic E-state index is 11.7. The summed E-state index contributed by atoms with van der Waals surface area (Å²) in [4.78, 5) is 32.2. The quantitative estimate of drug-likeness (QED) is 0.770. The van der Waals surface area contributed by atoms with Gasteiger partial charge in [-0.05, 0) is 0 Å². The zero-order valence-electron chi connectivity index (χ0n) is 9.90. The summed E-state index contributed by atoms with van der Waals surface area (Å²) < 4.78 is 0. The van der Waals surface area contributed by atoms with E-state index in [2.05, 4.69) is 20.6 Å².